The normalized spacial score (nSPS) is 18.3. The van der Waals surface area contributed by atoms with Crippen LogP contribution in [0.4, 0.5) is 5.69 Å². The number of aliphatic hydroxyl groups excluding tert-OH is 1. The van der Waals surface area contributed by atoms with Gasteiger partial charge in [0.25, 0.3) is 0 Å². The van der Waals surface area contributed by atoms with Crippen molar-refractivity contribution in [3.8, 4) is 0 Å². The molecule has 1 saturated heterocycles. The Balaban J connectivity index is 1.58. The molecule has 1 aliphatic rings. The summed E-state index contributed by atoms with van der Waals surface area (Å²) < 4.78 is 0. The molecule has 1 aliphatic heterocycles. The van der Waals surface area contributed by atoms with Crippen molar-refractivity contribution in [2.45, 2.75) is 26.0 Å². The van der Waals surface area contributed by atoms with Crippen LogP contribution in [-0.4, -0.2) is 29.0 Å². The number of amides is 1. The molecule has 1 atom stereocenters. The molecule has 4 heteroatoms. The van der Waals surface area contributed by atoms with Gasteiger partial charge < -0.3 is 10.4 Å². The van der Waals surface area contributed by atoms with Gasteiger partial charge >= 0.3 is 0 Å². The predicted octanol–water partition coefficient (Wildman–Crippen LogP) is 3.03. The van der Waals surface area contributed by atoms with Crippen LogP contribution >= 0.6 is 0 Å². The second-order valence-electron chi connectivity index (χ2n) is 6.41. The van der Waals surface area contributed by atoms with Gasteiger partial charge in [-0.2, -0.15) is 0 Å². The summed E-state index contributed by atoms with van der Waals surface area (Å²) in [6, 6.07) is 17.8. The Morgan fingerprint density at radius 3 is 2.71 bits per heavy atom. The van der Waals surface area contributed by atoms with Crippen LogP contribution in [0.3, 0.4) is 0 Å². The van der Waals surface area contributed by atoms with E-state index in [0.29, 0.717) is 0 Å². The quantitative estimate of drug-likeness (QED) is 0.889. The van der Waals surface area contributed by atoms with Gasteiger partial charge in [0.05, 0.1) is 12.5 Å². The van der Waals surface area contributed by atoms with Gasteiger partial charge in [-0.05, 0) is 42.6 Å². The molecular weight excluding hydrogens is 300 g/mol. The summed E-state index contributed by atoms with van der Waals surface area (Å²) in [4.78, 5) is 14.9. The Hall–Kier alpha value is -2.17. The fourth-order valence-corrected chi connectivity index (χ4v) is 3.25. The molecular formula is C20H24N2O2. The molecule has 0 radical (unpaired) electrons. The van der Waals surface area contributed by atoms with Crippen molar-refractivity contribution in [2.75, 3.05) is 18.4 Å². The second-order valence-corrected chi connectivity index (χ2v) is 6.41. The highest BCUT2D eigenvalue weighted by Crippen LogP contribution is 2.21. The number of rotatable bonds is 5. The van der Waals surface area contributed by atoms with E-state index in [2.05, 4.69) is 34.5 Å². The third kappa shape index (κ3) is 4.43. The zero-order valence-electron chi connectivity index (χ0n) is 13.8. The van der Waals surface area contributed by atoms with E-state index in [1.54, 1.807) is 0 Å². The minimum atomic E-state index is -0.0159. The Morgan fingerprint density at radius 2 is 1.92 bits per heavy atom. The molecule has 4 nitrogen and oxygen atoms in total. The Kier molecular flexibility index (Phi) is 5.62. The molecule has 2 aromatic rings. The number of nitrogens with zero attached hydrogens (tertiary/aromatic N) is 1. The van der Waals surface area contributed by atoms with E-state index in [0.717, 1.165) is 43.7 Å². The molecule has 126 valence electrons. The van der Waals surface area contributed by atoms with Crippen LogP contribution in [0.15, 0.2) is 54.6 Å². The number of piperidine rings is 1. The summed E-state index contributed by atoms with van der Waals surface area (Å²) in [5.74, 6) is 0.0862. The van der Waals surface area contributed by atoms with Crippen LogP contribution in [-0.2, 0) is 17.9 Å². The van der Waals surface area contributed by atoms with Gasteiger partial charge in [-0.15, -0.1) is 0 Å². The summed E-state index contributed by atoms with van der Waals surface area (Å²) >= 11 is 0. The molecule has 3 rings (SSSR count). The molecule has 0 spiro atoms. The fraction of sp³-hybridized carbons (Fsp3) is 0.350. The molecule has 0 unspecified atom stereocenters. The number of carbonyl (C=O) groups excluding carboxylic acids is 1. The number of nitrogens with one attached hydrogen (secondary N) is 1. The Bertz CT molecular complexity index is 672. The lowest BCUT2D eigenvalue weighted by Crippen LogP contribution is -2.40. The van der Waals surface area contributed by atoms with Crippen molar-refractivity contribution in [3.63, 3.8) is 0 Å². The zero-order valence-corrected chi connectivity index (χ0v) is 13.8. The van der Waals surface area contributed by atoms with Gasteiger partial charge in [-0.3, -0.25) is 9.69 Å². The minimum Gasteiger partial charge on any atom is -0.392 e. The van der Waals surface area contributed by atoms with Crippen molar-refractivity contribution in [3.05, 3.63) is 65.7 Å². The minimum absolute atomic E-state index is 0.0141. The highest BCUT2D eigenvalue weighted by Gasteiger charge is 2.25. The lowest BCUT2D eigenvalue weighted by atomic mass is 9.96. The lowest BCUT2D eigenvalue weighted by Gasteiger charge is -2.32. The Morgan fingerprint density at radius 1 is 1.12 bits per heavy atom. The first-order chi connectivity index (χ1) is 11.7. The summed E-state index contributed by atoms with van der Waals surface area (Å²) in [6.45, 7) is 2.71. The SMILES string of the molecule is O=C(Nc1cccc(CO)c1)[C@H]1CCCN(Cc2ccccc2)C1. The second kappa shape index (κ2) is 8.08. The van der Waals surface area contributed by atoms with Crippen molar-refractivity contribution < 1.29 is 9.90 Å². The zero-order chi connectivity index (χ0) is 16.8. The van der Waals surface area contributed by atoms with Crippen molar-refractivity contribution in [1.82, 2.24) is 4.90 Å². The molecule has 0 aliphatic carbocycles. The van der Waals surface area contributed by atoms with Gasteiger partial charge in [0.15, 0.2) is 0 Å². The number of carbonyl (C=O) groups is 1. The number of anilines is 1. The van der Waals surface area contributed by atoms with Crippen LogP contribution in [0.5, 0.6) is 0 Å². The third-order valence-corrected chi connectivity index (χ3v) is 4.50. The highest BCUT2D eigenvalue weighted by molar-refractivity contribution is 5.92. The molecule has 2 aromatic carbocycles. The fourth-order valence-electron chi connectivity index (χ4n) is 3.25. The number of likely N-dealkylation sites (tertiary alicyclic amines) is 1. The first-order valence-electron chi connectivity index (χ1n) is 8.51. The van der Waals surface area contributed by atoms with E-state index < -0.39 is 0 Å². The average molecular weight is 324 g/mol. The summed E-state index contributed by atoms with van der Waals surface area (Å²) in [5.41, 5.74) is 2.85. The van der Waals surface area contributed by atoms with Crippen molar-refractivity contribution in [1.29, 1.82) is 0 Å². The van der Waals surface area contributed by atoms with E-state index in [9.17, 15) is 9.90 Å². The maximum Gasteiger partial charge on any atom is 0.228 e. The maximum atomic E-state index is 12.6. The van der Waals surface area contributed by atoms with E-state index in [4.69, 9.17) is 0 Å². The molecule has 1 amide bonds. The van der Waals surface area contributed by atoms with Gasteiger partial charge in [-0.25, -0.2) is 0 Å². The van der Waals surface area contributed by atoms with E-state index in [1.807, 2.05) is 30.3 Å². The van der Waals surface area contributed by atoms with E-state index in [-0.39, 0.29) is 18.4 Å². The number of hydrogen-bond donors (Lipinski definition) is 2. The molecule has 0 saturated carbocycles. The average Bonchev–Trinajstić information content (AvgIpc) is 2.63. The summed E-state index contributed by atoms with van der Waals surface area (Å²) in [7, 11) is 0. The Labute approximate surface area is 143 Å². The van der Waals surface area contributed by atoms with Crippen molar-refractivity contribution >= 4 is 11.6 Å². The van der Waals surface area contributed by atoms with Gasteiger partial charge in [0.2, 0.25) is 5.91 Å². The summed E-state index contributed by atoms with van der Waals surface area (Å²) in [6.07, 6.45) is 1.97. The molecule has 2 N–H and O–H groups in total. The highest BCUT2D eigenvalue weighted by atomic mass is 16.3. The maximum absolute atomic E-state index is 12.6. The molecule has 0 aromatic heterocycles. The number of hydrogen-bond acceptors (Lipinski definition) is 3. The van der Waals surface area contributed by atoms with Gasteiger partial charge in [0, 0.05) is 18.8 Å². The topological polar surface area (TPSA) is 52.6 Å². The van der Waals surface area contributed by atoms with Crippen LogP contribution in [0.25, 0.3) is 0 Å². The number of benzene rings is 2. The van der Waals surface area contributed by atoms with Gasteiger partial charge in [0.1, 0.15) is 0 Å². The lowest BCUT2D eigenvalue weighted by molar-refractivity contribution is -0.121. The van der Waals surface area contributed by atoms with Crippen molar-refractivity contribution in [2.24, 2.45) is 5.92 Å². The first-order valence-corrected chi connectivity index (χ1v) is 8.51. The van der Waals surface area contributed by atoms with Crippen LogP contribution < -0.4 is 5.32 Å². The largest absolute Gasteiger partial charge is 0.392 e. The number of aliphatic hydroxyl groups is 1. The molecule has 24 heavy (non-hydrogen) atoms. The monoisotopic (exact) mass is 324 g/mol. The molecule has 1 heterocycles. The third-order valence-electron chi connectivity index (χ3n) is 4.50. The van der Waals surface area contributed by atoms with Crippen LogP contribution in [0.1, 0.15) is 24.0 Å². The van der Waals surface area contributed by atoms with E-state index >= 15 is 0 Å². The van der Waals surface area contributed by atoms with Crippen LogP contribution in [0, 0.1) is 5.92 Å². The molecule has 0 bridgehead atoms. The predicted molar refractivity (Wildman–Crippen MR) is 95.4 cm³/mol. The van der Waals surface area contributed by atoms with Gasteiger partial charge in [-0.1, -0.05) is 42.5 Å². The summed E-state index contributed by atoms with van der Waals surface area (Å²) in [5, 5.41) is 12.2. The van der Waals surface area contributed by atoms with Crippen LogP contribution in [0.2, 0.25) is 0 Å². The standard InChI is InChI=1S/C20H24N2O2/c23-15-17-8-4-10-19(12-17)21-20(24)18-9-5-11-22(14-18)13-16-6-2-1-3-7-16/h1-4,6-8,10,12,18,23H,5,9,11,13-15H2,(H,21,24)/t18-/m0/s1. The smallest absolute Gasteiger partial charge is 0.228 e. The van der Waals surface area contributed by atoms with E-state index in [1.165, 1.54) is 5.56 Å². The molecule has 1 fully saturated rings. The first kappa shape index (κ1) is 16.7.